The van der Waals surface area contributed by atoms with Crippen molar-refractivity contribution in [2.45, 2.75) is 32.9 Å². The Bertz CT molecular complexity index is 896. The van der Waals surface area contributed by atoms with Crippen molar-refractivity contribution in [3.05, 3.63) is 59.9 Å². The average molecular weight is 572 g/mol. The number of carbonyl (C=O) groups is 1. The largest absolute Gasteiger partial charge is 0.489 e. The first-order valence-electron chi connectivity index (χ1n) is 10.8. The molecule has 2 rings (SSSR count). The Morgan fingerprint density at radius 2 is 1.82 bits per heavy atom. The lowest BCUT2D eigenvalue weighted by Crippen LogP contribution is -2.42. The van der Waals surface area contributed by atoms with Gasteiger partial charge in [0.25, 0.3) is 5.91 Å². The summed E-state index contributed by atoms with van der Waals surface area (Å²) in [6, 6.07) is 13.7. The lowest BCUT2D eigenvalue weighted by Gasteiger charge is -2.20. The molecule has 1 amide bonds. The minimum Gasteiger partial charge on any atom is -0.489 e. The van der Waals surface area contributed by atoms with Crippen molar-refractivity contribution in [1.82, 2.24) is 15.5 Å². The summed E-state index contributed by atoms with van der Waals surface area (Å²) in [5.74, 6) is 1.36. The summed E-state index contributed by atoms with van der Waals surface area (Å²) in [5.41, 5.74) is 0.958. The van der Waals surface area contributed by atoms with E-state index in [1.54, 1.807) is 26.2 Å². The van der Waals surface area contributed by atoms with Crippen LogP contribution in [0.25, 0.3) is 0 Å². The van der Waals surface area contributed by atoms with Gasteiger partial charge < -0.3 is 25.0 Å². The summed E-state index contributed by atoms with van der Waals surface area (Å²) in [6.07, 6.45) is 0.625. The number of rotatable bonds is 11. The normalized spacial score (nSPS) is 11.7. The molecule has 7 nitrogen and oxygen atoms in total. The fraction of sp³-hybridized carbons (Fsp3) is 0.417. The van der Waals surface area contributed by atoms with E-state index < -0.39 is 0 Å². The highest BCUT2D eigenvalue weighted by Crippen LogP contribution is 2.15. The number of guanidine groups is 1. The van der Waals surface area contributed by atoms with Gasteiger partial charge in [0.15, 0.2) is 12.6 Å². The number of hydrogen-bond acceptors (Lipinski definition) is 4. The lowest BCUT2D eigenvalue weighted by molar-refractivity contribution is -0.130. The molecule has 0 heterocycles. The van der Waals surface area contributed by atoms with Crippen molar-refractivity contribution in [2.24, 2.45) is 4.99 Å². The fourth-order valence-corrected chi connectivity index (χ4v) is 2.73. The maximum atomic E-state index is 13.4. The summed E-state index contributed by atoms with van der Waals surface area (Å²) in [4.78, 5) is 17.8. The molecule has 33 heavy (non-hydrogen) atoms. The number of halogens is 2. The van der Waals surface area contributed by atoms with Crippen LogP contribution in [0.5, 0.6) is 11.5 Å². The Labute approximate surface area is 212 Å². The number of nitrogens with one attached hydrogen (secondary N) is 2. The van der Waals surface area contributed by atoms with Gasteiger partial charge in [0.1, 0.15) is 23.4 Å². The molecule has 0 aliphatic heterocycles. The van der Waals surface area contributed by atoms with Gasteiger partial charge in [0.2, 0.25) is 0 Å². The van der Waals surface area contributed by atoms with Gasteiger partial charge in [-0.25, -0.2) is 9.38 Å². The molecule has 2 aromatic carbocycles. The zero-order valence-electron chi connectivity index (χ0n) is 19.6. The van der Waals surface area contributed by atoms with Gasteiger partial charge in [-0.15, -0.1) is 24.0 Å². The standard InChI is InChI=1S/C24H33FN4O3.HI/c1-5-20(32-22-12-8-10-19(25)14-22)16-28-24(26-6-2)27-15-18-9-7-11-21(13-18)31-17-23(30)29(3)4;/h7-14,20H,5-6,15-17H2,1-4H3,(H2,26,27,28);1H. The second kappa shape index (κ2) is 15.3. The number of benzene rings is 2. The van der Waals surface area contributed by atoms with Crippen LogP contribution >= 0.6 is 24.0 Å². The predicted octanol–water partition coefficient (Wildman–Crippen LogP) is 3.82. The van der Waals surface area contributed by atoms with E-state index in [9.17, 15) is 9.18 Å². The minimum atomic E-state index is -0.322. The van der Waals surface area contributed by atoms with E-state index in [0.29, 0.717) is 37.1 Å². The molecule has 2 N–H and O–H groups in total. The Morgan fingerprint density at radius 3 is 2.48 bits per heavy atom. The van der Waals surface area contributed by atoms with Crippen molar-refractivity contribution in [3.63, 3.8) is 0 Å². The second-order valence-corrected chi connectivity index (χ2v) is 7.41. The molecule has 1 atom stereocenters. The zero-order chi connectivity index (χ0) is 23.3. The van der Waals surface area contributed by atoms with Crippen molar-refractivity contribution < 1.29 is 18.7 Å². The van der Waals surface area contributed by atoms with Crippen LogP contribution in [0, 0.1) is 5.82 Å². The molecule has 0 saturated heterocycles. The van der Waals surface area contributed by atoms with Crippen LogP contribution in [-0.4, -0.2) is 56.7 Å². The van der Waals surface area contributed by atoms with Crippen molar-refractivity contribution in [2.75, 3.05) is 33.8 Å². The highest BCUT2D eigenvalue weighted by atomic mass is 127. The first-order valence-corrected chi connectivity index (χ1v) is 10.8. The summed E-state index contributed by atoms with van der Waals surface area (Å²) in [6.45, 7) is 5.68. The van der Waals surface area contributed by atoms with Crippen molar-refractivity contribution >= 4 is 35.8 Å². The maximum absolute atomic E-state index is 13.4. The molecule has 0 aromatic heterocycles. The van der Waals surface area contributed by atoms with Gasteiger partial charge >= 0.3 is 0 Å². The predicted molar refractivity (Wildman–Crippen MR) is 140 cm³/mol. The smallest absolute Gasteiger partial charge is 0.259 e. The summed E-state index contributed by atoms with van der Waals surface area (Å²) in [5, 5.41) is 6.50. The number of amides is 1. The van der Waals surface area contributed by atoms with Crippen LogP contribution in [-0.2, 0) is 11.3 Å². The van der Waals surface area contributed by atoms with Gasteiger partial charge in [-0.05, 0) is 43.2 Å². The van der Waals surface area contributed by atoms with Crippen LogP contribution in [0.2, 0.25) is 0 Å². The number of hydrogen-bond donors (Lipinski definition) is 2. The molecule has 0 aliphatic carbocycles. The van der Waals surface area contributed by atoms with Crippen molar-refractivity contribution in [3.8, 4) is 11.5 Å². The zero-order valence-corrected chi connectivity index (χ0v) is 22.0. The molecule has 2 aromatic rings. The third-order valence-electron chi connectivity index (χ3n) is 4.57. The third-order valence-corrected chi connectivity index (χ3v) is 4.57. The van der Waals surface area contributed by atoms with Gasteiger partial charge in [-0.1, -0.05) is 25.1 Å². The molecule has 0 aliphatic rings. The first kappa shape index (κ1) is 28.5. The van der Waals surface area contributed by atoms with Crippen LogP contribution in [0.3, 0.4) is 0 Å². The monoisotopic (exact) mass is 572 g/mol. The van der Waals surface area contributed by atoms with Gasteiger partial charge in [0.05, 0.1) is 13.1 Å². The second-order valence-electron chi connectivity index (χ2n) is 7.41. The van der Waals surface area contributed by atoms with E-state index in [-0.39, 0.29) is 48.4 Å². The van der Waals surface area contributed by atoms with Gasteiger partial charge in [-0.3, -0.25) is 4.79 Å². The van der Waals surface area contributed by atoms with Crippen molar-refractivity contribution in [1.29, 1.82) is 0 Å². The fourth-order valence-electron chi connectivity index (χ4n) is 2.73. The van der Waals surface area contributed by atoms with E-state index in [1.165, 1.54) is 17.0 Å². The highest BCUT2D eigenvalue weighted by molar-refractivity contribution is 14.0. The third kappa shape index (κ3) is 10.7. The highest BCUT2D eigenvalue weighted by Gasteiger charge is 2.10. The average Bonchev–Trinajstić information content (AvgIpc) is 2.78. The Hall–Kier alpha value is -2.56. The molecule has 0 fully saturated rings. The molecule has 0 radical (unpaired) electrons. The molecule has 182 valence electrons. The summed E-state index contributed by atoms with van der Waals surface area (Å²) < 4.78 is 24.8. The first-order chi connectivity index (χ1) is 15.4. The van der Waals surface area contributed by atoms with Crippen LogP contribution in [0.1, 0.15) is 25.8 Å². The molecule has 0 spiro atoms. The molecular formula is C24H34FIN4O3. The number of carbonyl (C=O) groups excluding carboxylic acids is 1. The van der Waals surface area contributed by atoms with Crippen LogP contribution in [0.4, 0.5) is 4.39 Å². The topological polar surface area (TPSA) is 75.2 Å². The van der Waals surface area contributed by atoms with Gasteiger partial charge in [0, 0.05) is 26.7 Å². The van der Waals surface area contributed by atoms with Gasteiger partial charge in [-0.2, -0.15) is 0 Å². The number of ether oxygens (including phenoxy) is 2. The molecule has 9 heteroatoms. The molecule has 0 bridgehead atoms. The van der Waals surface area contributed by atoms with E-state index in [2.05, 4.69) is 15.6 Å². The number of likely N-dealkylation sites (N-methyl/N-ethyl adjacent to an activating group) is 1. The van der Waals surface area contributed by atoms with E-state index in [1.807, 2.05) is 38.1 Å². The Morgan fingerprint density at radius 1 is 1.09 bits per heavy atom. The van der Waals surface area contributed by atoms with E-state index in [4.69, 9.17) is 9.47 Å². The van der Waals surface area contributed by atoms with E-state index >= 15 is 0 Å². The summed E-state index contributed by atoms with van der Waals surface area (Å²) in [7, 11) is 3.39. The number of aliphatic imine (C=N–C) groups is 1. The molecule has 1 unspecified atom stereocenters. The quantitative estimate of drug-likeness (QED) is 0.243. The summed E-state index contributed by atoms with van der Waals surface area (Å²) >= 11 is 0. The Kier molecular flexibility index (Phi) is 13.2. The lowest BCUT2D eigenvalue weighted by atomic mass is 10.2. The molecular weight excluding hydrogens is 538 g/mol. The van der Waals surface area contributed by atoms with Crippen LogP contribution in [0.15, 0.2) is 53.5 Å². The Balaban J connectivity index is 0.00000544. The molecule has 0 saturated carbocycles. The maximum Gasteiger partial charge on any atom is 0.259 e. The van der Waals surface area contributed by atoms with E-state index in [0.717, 1.165) is 12.0 Å². The van der Waals surface area contributed by atoms with Crippen LogP contribution < -0.4 is 20.1 Å². The number of nitrogens with zero attached hydrogens (tertiary/aromatic N) is 2. The minimum absolute atomic E-state index is 0. The SMILES string of the molecule is CCNC(=NCc1cccc(OCC(=O)N(C)C)c1)NCC(CC)Oc1cccc(F)c1.I.